The first-order valence-corrected chi connectivity index (χ1v) is 10.7. The second-order valence-electron chi connectivity index (χ2n) is 8.44. The van der Waals surface area contributed by atoms with Crippen LogP contribution in [0.3, 0.4) is 0 Å². The molecule has 1 N–H and O–H groups in total. The summed E-state index contributed by atoms with van der Waals surface area (Å²) in [6.45, 7) is 4.26. The van der Waals surface area contributed by atoms with Gasteiger partial charge in [0.1, 0.15) is 5.82 Å². The van der Waals surface area contributed by atoms with Gasteiger partial charge < -0.3 is 10.0 Å². The molecule has 146 valence electrons. The lowest BCUT2D eigenvalue weighted by Crippen LogP contribution is -2.48. The van der Waals surface area contributed by atoms with Crippen LogP contribution in [-0.4, -0.2) is 68.1 Å². The summed E-state index contributed by atoms with van der Waals surface area (Å²) >= 11 is 0. The first-order chi connectivity index (χ1) is 13.3. The van der Waals surface area contributed by atoms with Crippen LogP contribution in [0.5, 0.6) is 0 Å². The van der Waals surface area contributed by atoms with Crippen molar-refractivity contribution in [3.05, 3.63) is 18.0 Å². The lowest BCUT2D eigenvalue weighted by Gasteiger charge is -2.41. The van der Waals surface area contributed by atoms with Gasteiger partial charge in [0.2, 0.25) is 0 Å². The molecule has 2 unspecified atom stereocenters. The second-order valence-corrected chi connectivity index (χ2v) is 8.44. The van der Waals surface area contributed by atoms with Crippen molar-refractivity contribution in [1.82, 2.24) is 24.7 Å². The Balaban J connectivity index is 1.31. The molecular formula is C20H30N6O. The summed E-state index contributed by atoms with van der Waals surface area (Å²) in [6, 6.07) is 4.48. The Kier molecular flexibility index (Phi) is 4.73. The summed E-state index contributed by atoms with van der Waals surface area (Å²) in [5, 5.41) is 24.1. The molecule has 2 aromatic heterocycles. The van der Waals surface area contributed by atoms with Crippen molar-refractivity contribution >= 4 is 11.5 Å². The van der Waals surface area contributed by atoms with Gasteiger partial charge in [-0.1, -0.05) is 12.8 Å². The first-order valence-electron chi connectivity index (χ1n) is 10.7. The van der Waals surface area contributed by atoms with E-state index in [4.69, 9.17) is 5.10 Å². The first kappa shape index (κ1) is 17.4. The van der Waals surface area contributed by atoms with Crippen LogP contribution >= 0.6 is 0 Å². The number of nitrogens with zero attached hydrogens (tertiary/aromatic N) is 6. The highest BCUT2D eigenvalue weighted by atomic mass is 16.3. The molecule has 0 spiro atoms. The van der Waals surface area contributed by atoms with Gasteiger partial charge in [-0.2, -0.15) is 4.52 Å². The van der Waals surface area contributed by atoms with E-state index in [9.17, 15) is 5.11 Å². The SMILES string of the molecule is OC1CCCCC1N1CCC(c2nnc3ccc(N4CCCC4)nn23)CC1. The summed E-state index contributed by atoms with van der Waals surface area (Å²) in [5.74, 6) is 2.46. The lowest BCUT2D eigenvalue weighted by atomic mass is 9.88. The van der Waals surface area contributed by atoms with Crippen molar-refractivity contribution in [2.75, 3.05) is 31.1 Å². The van der Waals surface area contributed by atoms with Crippen molar-refractivity contribution < 1.29 is 5.11 Å². The van der Waals surface area contributed by atoms with E-state index < -0.39 is 0 Å². The largest absolute Gasteiger partial charge is 0.391 e. The van der Waals surface area contributed by atoms with Crippen LogP contribution in [0.2, 0.25) is 0 Å². The molecule has 2 saturated heterocycles. The van der Waals surface area contributed by atoms with Gasteiger partial charge in [-0.25, -0.2) is 0 Å². The number of hydrogen-bond donors (Lipinski definition) is 1. The summed E-state index contributed by atoms with van der Waals surface area (Å²) in [5.41, 5.74) is 0.845. The number of likely N-dealkylation sites (tertiary alicyclic amines) is 1. The maximum absolute atomic E-state index is 10.4. The minimum absolute atomic E-state index is 0.145. The minimum atomic E-state index is -0.145. The van der Waals surface area contributed by atoms with E-state index in [0.29, 0.717) is 12.0 Å². The molecule has 3 aliphatic rings. The maximum atomic E-state index is 10.4. The quantitative estimate of drug-likeness (QED) is 0.893. The van der Waals surface area contributed by atoms with Crippen molar-refractivity contribution in [2.45, 2.75) is 69.4 Å². The molecule has 2 atom stereocenters. The number of aromatic nitrogens is 4. The van der Waals surface area contributed by atoms with Crippen LogP contribution in [-0.2, 0) is 0 Å². The molecule has 1 saturated carbocycles. The van der Waals surface area contributed by atoms with Crippen molar-refractivity contribution in [2.24, 2.45) is 0 Å². The van der Waals surface area contributed by atoms with Crippen LogP contribution in [0.1, 0.15) is 63.1 Å². The molecule has 0 radical (unpaired) electrons. The van der Waals surface area contributed by atoms with Gasteiger partial charge in [-0.3, -0.25) is 4.90 Å². The molecule has 2 aromatic rings. The van der Waals surface area contributed by atoms with E-state index in [-0.39, 0.29) is 6.10 Å². The van der Waals surface area contributed by atoms with Gasteiger partial charge in [0.25, 0.3) is 0 Å². The number of hydrogen-bond acceptors (Lipinski definition) is 6. The smallest absolute Gasteiger partial charge is 0.178 e. The van der Waals surface area contributed by atoms with Crippen LogP contribution in [0.15, 0.2) is 12.1 Å². The maximum Gasteiger partial charge on any atom is 0.178 e. The van der Waals surface area contributed by atoms with E-state index in [1.807, 2.05) is 10.6 Å². The van der Waals surface area contributed by atoms with Gasteiger partial charge in [0.15, 0.2) is 11.5 Å². The summed E-state index contributed by atoms with van der Waals surface area (Å²) in [4.78, 5) is 4.86. The predicted molar refractivity (Wildman–Crippen MR) is 104 cm³/mol. The van der Waals surface area contributed by atoms with E-state index in [1.165, 1.54) is 25.7 Å². The van der Waals surface area contributed by atoms with Gasteiger partial charge in [-0.05, 0) is 63.7 Å². The number of aliphatic hydroxyl groups is 1. The number of fused-ring (bicyclic) bond motifs is 1. The highest BCUT2D eigenvalue weighted by Gasteiger charge is 2.33. The summed E-state index contributed by atoms with van der Waals surface area (Å²) in [6.07, 6.45) is 9.02. The summed E-state index contributed by atoms with van der Waals surface area (Å²) in [7, 11) is 0. The van der Waals surface area contributed by atoms with Gasteiger partial charge in [0, 0.05) is 25.0 Å². The molecule has 1 aliphatic carbocycles. The lowest BCUT2D eigenvalue weighted by molar-refractivity contribution is 0.00826. The molecule has 3 fully saturated rings. The number of anilines is 1. The highest BCUT2D eigenvalue weighted by molar-refractivity contribution is 5.46. The highest BCUT2D eigenvalue weighted by Crippen LogP contribution is 2.31. The molecule has 5 rings (SSSR count). The van der Waals surface area contributed by atoms with E-state index in [1.54, 1.807) is 0 Å². The number of aliphatic hydroxyl groups excluding tert-OH is 1. The molecule has 2 aliphatic heterocycles. The Labute approximate surface area is 160 Å². The van der Waals surface area contributed by atoms with Crippen LogP contribution in [0.4, 0.5) is 5.82 Å². The minimum Gasteiger partial charge on any atom is -0.391 e. The van der Waals surface area contributed by atoms with E-state index in [2.05, 4.69) is 26.1 Å². The average molecular weight is 371 g/mol. The van der Waals surface area contributed by atoms with Gasteiger partial charge >= 0.3 is 0 Å². The molecular weight excluding hydrogens is 340 g/mol. The third-order valence-electron chi connectivity index (χ3n) is 6.76. The molecule has 0 amide bonds. The fourth-order valence-corrected chi connectivity index (χ4v) is 5.17. The zero-order valence-electron chi connectivity index (χ0n) is 16.0. The monoisotopic (exact) mass is 370 g/mol. The summed E-state index contributed by atoms with van der Waals surface area (Å²) < 4.78 is 1.98. The van der Waals surface area contributed by atoms with Crippen LogP contribution in [0, 0.1) is 0 Å². The Morgan fingerprint density at radius 2 is 1.63 bits per heavy atom. The molecule has 7 heteroatoms. The van der Waals surface area contributed by atoms with Gasteiger partial charge in [0.05, 0.1) is 6.10 Å². The fourth-order valence-electron chi connectivity index (χ4n) is 5.17. The Morgan fingerprint density at radius 3 is 2.41 bits per heavy atom. The molecule has 7 nitrogen and oxygen atoms in total. The number of rotatable bonds is 3. The second kappa shape index (κ2) is 7.36. The molecule has 0 bridgehead atoms. The third-order valence-corrected chi connectivity index (χ3v) is 6.76. The Bertz CT molecular complexity index is 778. The van der Waals surface area contributed by atoms with E-state index in [0.717, 1.165) is 69.2 Å². The fraction of sp³-hybridized carbons (Fsp3) is 0.750. The van der Waals surface area contributed by atoms with Crippen molar-refractivity contribution in [3.8, 4) is 0 Å². The molecule has 4 heterocycles. The topological polar surface area (TPSA) is 69.8 Å². The van der Waals surface area contributed by atoms with Crippen LogP contribution in [0.25, 0.3) is 5.65 Å². The third kappa shape index (κ3) is 3.31. The van der Waals surface area contributed by atoms with Gasteiger partial charge in [-0.15, -0.1) is 15.3 Å². The molecule has 27 heavy (non-hydrogen) atoms. The van der Waals surface area contributed by atoms with Crippen molar-refractivity contribution in [1.29, 1.82) is 0 Å². The van der Waals surface area contributed by atoms with E-state index >= 15 is 0 Å². The zero-order chi connectivity index (χ0) is 18.2. The molecule has 0 aromatic carbocycles. The average Bonchev–Trinajstić information content (AvgIpc) is 3.38. The normalized spacial score (nSPS) is 28.3. The predicted octanol–water partition coefficient (Wildman–Crippen LogP) is 2.21. The Morgan fingerprint density at radius 1 is 0.852 bits per heavy atom. The zero-order valence-corrected chi connectivity index (χ0v) is 16.0. The van der Waals surface area contributed by atoms with Crippen molar-refractivity contribution in [3.63, 3.8) is 0 Å². The standard InChI is InChI=1S/C20H30N6O/c27-17-6-2-1-5-16(17)24-13-9-15(10-14-24)20-22-21-18-7-8-19(23-26(18)20)25-11-3-4-12-25/h7-8,15-17,27H,1-6,9-14H2. The number of piperidine rings is 1. The van der Waals surface area contributed by atoms with Crippen LogP contribution < -0.4 is 4.90 Å². The Hall–Kier alpha value is -1.73.